The number of hydrogen-bond donors (Lipinski definition) is 0. The van der Waals surface area contributed by atoms with Crippen LogP contribution in [0.4, 0.5) is 5.69 Å². The molecular formula is C23H22N2O5. The SMILES string of the molecule is O=C(O[C@@H](C(=O)N1CCCC1)c1ccccc1)c1cccc(N2C(=O)CCC2=O)c1. The lowest BCUT2D eigenvalue weighted by atomic mass is 10.1. The van der Waals surface area contributed by atoms with E-state index < -0.39 is 12.1 Å². The Morgan fingerprint density at radius 1 is 0.867 bits per heavy atom. The minimum atomic E-state index is -1.05. The van der Waals surface area contributed by atoms with Gasteiger partial charge in [-0.1, -0.05) is 36.4 Å². The van der Waals surface area contributed by atoms with Gasteiger partial charge in [-0.25, -0.2) is 4.79 Å². The van der Waals surface area contributed by atoms with Crippen LogP contribution in [0.2, 0.25) is 0 Å². The van der Waals surface area contributed by atoms with E-state index >= 15 is 0 Å². The lowest BCUT2D eigenvalue weighted by Gasteiger charge is -2.23. The number of rotatable bonds is 5. The van der Waals surface area contributed by atoms with Crippen molar-refractivity contribution < 1.29 is 23.9 Å². The minimum absolute atomic E-state index is 0.161. The second-order valence-corrected chi connectivity index (χ2v) is 7.40. The summed E-state index contributed by atoms with van der Waals surface area (Å²) in [4.78, 5) is 52.7. The zero-order valence-corrected chi connectivity index (χ0v) is 16.5. The summed E-state index contributed by atoms with van der Waals surface area (Å²) in [5.41, 5.74) is 1.11. The average Bonchev–Trinajstić information content (AvgIpc) is 3.42. The first-order valence-electron chi connectivity index (χ1n) is 10.0. The molecule has 30 heavy (non-hydrogen) atoms. The van der Waals surface area contributed by atoms with Crippen LogP contribution >= 0.6 is 0 Å². The molecule has 0 N–H and O–H groups in total. The summed E-state index contributed by atoms with van der Waals surface area (Å²) in [6, 6.07) is 15.1. The maximum absolute atomic E-state index is 13.0. The fourth-order valence-corrected chi connectivity index (χ4v) is 3.80. The molecule has 2 fully saturated rings. The second-order valence-electron chi connectivity index (χ2n) is 7.40. The summed E-state index contributed by atoms with van der Waals surface area (Å²) in [7, 11) is 0. The number of carbonyl (C=O) groups excluding carboxylic acids is 4. The van der Waals surface area contributed by atoms with E-state index in [4.69, 9.17) is 4.74 Å². The third-order valence-electron chi connectivity index (χ3n) is 5.36. The first-order valence-corrected chi connectivity index (χ1v) is 10.0. The number of anilines is 1. The summed E-state index contributed by atoms with van der Waals surface area (Å²) in [6.45, 7) is 1.29. The van der Waals surface area contributed by atoms with Crippen LogP contribution in [0, 0.1) is 0 Å². The van der Waals surface area contributed by atoms with Gasteiger partial charge in [-0.15, -0.1) is 0 Å². The highest BCUT2D eigenvalue weighted by Crippen LogP contribution is 2.27. The van der Waals surface area contributed by atoms with E-state index in [2.05, 4.69) is 0 Å². The van der Waals surface area contributed by atoms with Crippen molar-refractivity contribution in [3.05, 3.63) is 65.7 Å². The van der Waals surface area contributed by atoms with Crippen LogP contribution in [0.15, 0.2) is 54.6 Å². The van der Waals surface area contributed by atoms with Crippen LogP contribution in [0.3, 0.4) is 0 Å². The summed E-state index contributed by atoms with van der Waals surface area (Å²) in [5.74, 6) is -1.51. The molecule has 2 aliphatic rings. The van der Waals surface area contributed by atoms with Gasteiger partial charge in [0.1, 0.15) is 0 Å². The molecule has 7 heteroatoms. The number of likely N-dealkylation sites (tertiary alicyclic amines) is 1. The molecule has 2 aromatic rings. The van der Waals surface area contributed by atoms with E-state index in [1.165, 1.54) is 6.07 Å². The van der Waals surface area contributed by atoms with Crippen LogP contribution in [-0.2, 0) is 19.1 Å². The number of nitrogens with zero attached hydrogens (tertiary/aromatic N) is 2. The topological polar surface area (TPSA) is 84.0 Å². The highest BCUT2D eigenvalue weighted by atomic mass is 16.5. The fourth-order valence-electron chi connectivity index (χ4n) is 3.80. The molecule has 3 amide bonds. The molecule has 0 unspecified atom stereocenters. The molecule has 2 saturated heterocycles. The zero-order valence-electron chi connectivity index (χ0n) is 16.5. The van der Waals surface area contributed by atoms with Crippen LogP contribution in [0.5, 0.6) is 0 Å². The van der Waals surface area contributed by atoms with E-state index in [0.717, 1.165) is 17.7 Å². The molecule has 0 aliphatic carbocycles. The molecule has 0 bridgehead atoms. The summed E-state index contributed by atoms with van der Waals surface area (Å²) in [6.07, 6.45) is 1.14. The van der Waals surface area contributed by atoms with E-state index in [-0.39, 0.29) is 36.1 Å². The molecule has 4 rings (SSSR count). The Morgan fingerprint density at radius 2 is 1.53 bits per heavy atom. The largest absolute Gasteiger partial charge is 0.444 e. The molecule has 0 radical (unpaired) electrons. The summed E-state index contributed by atoms with van der Waals surface area (Å²) in [5, 5.41) is 0. The molecule has 1 atom stereocenters. The number of hydrogen-bond acceptors (Lipinski definition) is 5. The van der Waals surface area contributed by atoms with Gasteiger partial charge in [-0.2, -0.15) is 0 Å². The third-order valence-corrected chi connectivity index (χ3v) is 5.36. The molecule has 2 aromatic carbocycles. The van der Waals surface area contributed by atoms with Crippen molar-refractivity contribution in [3.63, 3.8) is 0 Å². The molecule has 2 heterocycles. The van der Waals surface area contributed by atoms with Crippen molar-refractivity contribution in [2.75, 3.05) is 18.0 Å². The summed E-state index contributed by atoms with van der Waals surface area (Å²) >= 11 is 0. The highest BCUT2D eigenvalue weighted by molar-refractivity contribution is 6.20. The Balaban J connectivity index is 1.58. The van der Waals surface area contributed by atoms with Gasteiger partial charge in [0.25, 0.3) is 5.91 Å². The smallest absolute Gasteiger partial charge is 0.339 e. The van der Waals surface area contributed by atoms with Gasteiger partial charge in [-0.3, -0.25) is 19.3 Å². The number of ether oxygens (including phenoxy) is 1. The Labute approximate surface area is 174 Å². The van der Waals surface area contributed by atoms with Gasteiger partial charge < -0.3 is 9.64 Å². The molecule has 0 spiro atoms. The number of amides is 3. The van der Waals surface area contributed by atoms with E-state index in [0.29, 0.717) is 24.3 Å². The highest BCUT2D eigenvalue weighted by Gasteiger charge is 2.33. The second kappa shape index (κ2) is 8.49. The quantitative estimate of drug-likeness (QED) is 0.563. The first-order chi connectivity index (χ1) is 14.5. The minimum Gasteiger partial charge on any atom is -0.444 e. The third kappa shape index (κ3) is 3.96. The van der Waals surface area contributed by atoms with E-state index in [9.17, 15) is 19.2 Å². The predicted octanol–water partition coefficient (Wildman–Crippen LogP) is 2.86. The summed E-state index contributed by atoms with van der Waals surface area (Å²) < 4.78 is 5.65. The van der Waals surface area contributed by atoms with Crippen LogP contribution in [0.1, 0.15) is 47.7 Å². The normalized spacial score (nSPS) is 17.3. The molecular weight excluding hydrogens is 384 g/mol. The predicted molar refractivity (Wildman–Crippen MR) is 109 cm³/mol. The van der Waals surface area contributed by atoms with E-state index in [1.54, 1.807) is 47.4 Å². The van der Waals surface area contributed by atoms with Crippen LogP contribution in [-0.4, -0.2) is 41.7 Å². The van der Waals surface area contributed by atoms with Gasteiger partial charge in [0, 0.05) is 31.5 Å². The number of esters is 1. The van der Waals surface area contributed by atoms with Crippen molar-refractivity contribution in [2.45, 2.75) is 31.8 Å². The number of benzene rings is 2. The van der Waals surface area contributed by atoms with Gasteiger partial charge in [0.05, 0.1) is 11.3 Å². The first kappa shape index (κ1) is 19.8. The lowest BCUT2D eigenvalue weighted by Crippen LogP contribution is -2.35. The van der Waals surface area contributed by atoms with Gasteiger partial charge in [0.15, 0.2) is 0 Å². The van der Waals surface area contributed by atoms with Crippen molar-refractivity contribution >= 4 is 29.4 Å². The Bertz CT molecular complexity index is 966. The molecule has 2 aliphatic heterocycles. The van der Waals surface area contributed by atoms with Gasteiger partial charge >= 0.3 is 5.97 Å². The van der Waals surface area contributed by atoms with Crippen molar-refractivity contribution in [1.82, 2.24) is 4.90 Å². The Kier molecular flexibility index (Phi) is 5.61. The maximum Gasteiger partial charge on any atom is 0.339 e. The van der Waals surface area contributed by atoms with Crippen molar-refractivity contribution in [1.29, 1.82) is 0 Å². The number of carbonyl (C=O) groups is 4. The Hall–Kier alpha value is -3.48. The standard InChI is InChI=1S/C23H22N2O5/c26-19-11-12-20(27)25(19)18-10-6-9-17(15-18)23(29)30-21(16-7-2-1-3-8-16)22(28)24-13-4-5-14-24/h1-3,6-10,15,21H,4-5,11-14H2/t21-/m1/s1. The molecule has 7 nitrogen and oxygen atoms in total. The zero-order chi connectivity index (χ0) is 21.1. The van der Waals surface area contributed by atoms with Crippen molar-refractivity contribution in [2.24, 2.45) is 0 Å². The molecule has 154 valence electrons. The van der Waals surface area contributed by atoms with Crippen molar-refractivity contribution in [3.8, 4) is 0 Å². The maximum atomic E-state index is 13.0. The lowest BCUT2D eigenvalue weighted by molar-refractivity contribution is -0.140. The number of imide groups is 1. The molecule has 0 aromatic heterocycles. The molecule has 0 saturated carbocycles. The van der Waals surface area contributed by atoms with Crippen LogP contribution < -0.4 is 4.90 Å². The van der Waals surface area contributed by atoms with Crippen LogP contribution in [0.25, 0.3) is 0 Å². The monoisotopic (exact) mass is 406 g/mol. The average molecular weight is 406 g/mol. The van der Waals surface area contributed by atoms with E-state index in [1.807, 2.05) is 6.07 Å². The van der Waals surface area contributed by atoms with Gasteiger partial charge in [0.2, 0.25) is 17.9 Å². The fraction of sp³-hybridized carbons (Fsp3) is 0.304. The Morgan fingerprint density at radius 3 is 2.20 bits per heavy atom. The van der Waals surface area contributed by atoms with Gasteiger partial charge in [-0.05, 0) is 31.0 Å².